The van der Waals surface area contributed by atoms with Crippen molar-refractivity contribution in [3.8, 4) is 0 Å². The Hall–Kier alpha value is -1.70. The molecule has 0 aliphatic heterocycles. The first-order valence-electron chi connectivity index (χ1n) is 4.58. The largest absolute Gasteiger partial charge is 0.296 e. The molecule has 0 N–H and O–H groups in total. The Morgan fingerprint density at radius 1 is 1.36 bits per heavy atom. The maximum atomic E-state index is 4.32. The van der Waals surface area contributed by atoms with E-state index in [0.717, 1.165) is 5.52 Å². The molecule has 0 aliphatic rings. The first-order chi connectivity index (χ1) is 6.81. The van der Waals surface area contributed by atoms with E-state index in [1.54, 1.807) is 0 Å². The standard InChI is InChI=1S/C12H12N2/c1-9-3-4-11-10(8-13-2)5-6-14-12(11)7-9/h3-7H,2,8H2,1H3. The number of aryl methyl sites for hydroxylation is 1. The van der Waals surface area contributed by atoms with Crippen molar-refractivity contribution in [2.45, 2.75) is 13.5 Å². The summed E-state index contributed by atoms with van der Waals surface area (Å²) in [6.07, 6.45) is 1.82. The zero-order valence-electron chi connectivity index (χ0n) is 8.20. The van der Waals surface area contributed by atoms with Gasteiger partial charge in [0, 0.05) is 11.6 Å². The Morgan fingerprint density at radius 2 is 2.21 bits per heavy atom. The number of benzene rings is 1. The molecule has 0 aliphatic carbocycles. The number of nitrogens with zero attached hydrogens (tertiary/aromatic N) is 2. The number of rotatable bonds is 2. The van der Waals surface area contributed by atoms with Crippen LogP contribution in [-0.4, -0.2) is 11.7 Å². The van der Waals surface area contributed by atoms with Gasteiger partial charge in [-0.15, -0.1) is 0 Å². The summed E-state index contributed by atoms with van der Waals surface area (Å²) in [6, 6.07) is 8.27. The fourth-order valence-electron chi connectivity index (χ4n) is 1.58. The summed E-state index contributed by atoms with van der Waals surface area (Å²) in [5.41, 5.74) is 3.45. The molecule has 0 atom stereocenters. The van der Waals surface area contributed by atoms with Crippen molar-refractivity contribution in [1.82, 2.24) is 4.98 Å². The Labute approximate surface area is 83.3 Å². The Kier molecular flexibility index (Phi) is 2.27. The second-order valence-corrected chi connectivity index (χ2v) is 3.37. The van der Waals surface area contributed by atoms with E-state index in [4.69, 9.17) is 0 Å². The number of hydrogen-bond donors (Lipinski definition) is 0. The average Bonchev–Trinajstić information content (AvgIpc) is 2.18. The molecule has 1 aromatic carbocycles. The highest BCUT2D eigenvalue weighted by Gasteiger charge is 2.00. The zero-order valence-corrected chi connectivity index (χ0v) is 8.20. The molecule has 0 amide bonds. The van der Waals surface area contributed by atoms with Crippen molar-refractivity contribution in [2.24, 2.45) is 4.99 Å². The topological polar surface area (TPSA) is 25.2 Å². The van der Waals surface area contributed by atoms with Gasteiger partial charge in [-0.3, -0.25) is 9.98 Å². The lowest BCUT2D eigenvalue weighted by Crippen LogP contribution is -1.87. The molecule has 1 heterocycles. The molecular formula is C12H12N2. The summed E-state index contributed by atoms with van der Waals surface area (Å²) in [5, 5.41) is 1.17. The highest BCUT2D eigenvalue weighted by Crippen LogP contribution is 2.18. The highest BCUT2D eigenvalue weighted by molar-refractivity contribution is 5.82. The van der Waals surface area contributed by atoms with Gasteiger partial charge in [-0.1, -0.05) is 12.1 Å². The molecule has 0 radical (unpaired) electrons. The summed E-state index contributed by atoms with van der Waals surface area (Å²) in [6.45, 7) is 6.23. The predicted octanol–water partition coefficient (Wildman–Crippen LogP) is 2.74. The minimum absolute atomic E-state index is 0.655. The maximum Gasteiger partial charge on any atom is 0.0708 e. The molecule has 0 saturated heterocycles. The van der Waals surface area contributed by atoms with E-state index in [2.05, 4.69) is 41.8 Å². The van der Waals surface area contributed by atoms with Crippen LogP contribution in [0.5, 0.6) is 0 Å². The highest BCUT2D eigenvalue weighted by atomic mass is 14.7. The zero-order chi connectivity index (χ0) is 9.97. The SMILES string of the molecule is C=NCc1ccnc2cc(C)ccc12. The van der Waals surface area contributed by atoms with Gasteiger partial charge >= 0.3 is 0 Å². The van der Waals surface area contributed by atoms with Gasteiger partial charge in [0.15, 0.2) is 0 Å². The van der Waals surface area contributed by atoms with Crippen molar-refractivity contribution in [1.29, 1.82) is 0 Å². The van der Waals surface area contributed by atoms with Gasteiger partial charge in [0.1, 0.15) is 0 Å². The lowest BCUT2D eigenvalue weighted by molar-refractivity contribution is 1.09. The van der Waals surface area contributed by atoms with Gasteiger partial charge in [-0.25, -0.2) is 0 Å². The number of fused-ring (bicyclic) bond motifs is 1. The molecule has 0 spiro atoms. The molecule has 0 unspecified atom stereocenters. The van der Waals surface area contributed by atoms with Crippen LogP contribution in [0.3, 0.4) is 0 Å². The van der Waals surface area contributed by atoms with Crippen LogP contribution < -0.4 is 0 Å². The Bertz CT molecular complexity index is 475. The maximum absolute atomic E-state index is 4.32. The van der Waals surface area contributed by atoms with Crippen molar-refractivity contribution in [3.63, 3.8) is 0 Å². The number of hydrogen-bond acceptors (Lipinski definition) is 2. The van der Waals surface area contributed by atoms with Crippen LogP contribution in [0.1, 0.15) is 11.1 Å². The molecule has 14 heavy (non-hydrogen) atoms. The fourth-order valence-corrected chi connectivity index (χ4v) is 1.58. The van der Waals surface area contributed by atoms with Crippen molar-refractivity contribution in [2.75, 3.05) is 0 Å². The van der Waals surface area contributed by atoms with Gasteiger partial charge in [0.05, 0.1) is 12.1 Å². The van der Waals surface area contributed by atoms with E-state index in [1.807, 2.05) is 12.3 Å². The molecule has 1 aromatic heterocycles. The third-order valence-corrected chi connectivity index (χ3v) is 2.27. The Balaban J connectivity index is 2.68. The normalized spacial score (nSPS) is 10.4. The average molecular weight is 184 g/mol. The van der Waals surface area contributed by atoms with E-state index in [9.17, 15) is 0 Å². The molecule has 2 rings (SSSR count). The lowest BCUT2D eigenvalue weighted by atomic mass is 10.1. The summed E-state index contributed by atoms with van der Waals surface area (Å²) in [4.78, 5) is 8.22. The summed E-state index contributed by atoms with van der Waals surface area (Å²) in [7, 11) is 0. The lowest BCUT2D eigenvalue weighted by Gasteiger charge is -2.03. The van der Waals surface area contributed by atoms with Crippen LogP contribution in [0.25, 0.3) is 10.9 Å². The third-order valence-electron chi connectivity index (χ3n) is 2.27. The first-order valence-corrected chi connectivity index (χ1v) is 4.58. The van der Waals surface area contributed by atoms with Crippen LogP contribution in [0.15, 0.2) is 35.5 Å². The second-order valence-electron chi connectivity index (χ2n) is 3.37. The monoisotopic (exact) mass is 184 g/mol. The number of aliphatic imine (C=N–C) groups is 1. The van der Waals surface area contributed by atoms with Gasteiger partial charge in [-0.05, 0) is 36.9 Å². The first kappa shape index (κ1) is 8.88. The van der Waals surface area contributed by atoms with Crippen molar-refractivity contribution >= 4 is 17.6 Å². The van der Waals surface area contributed by atoms with Gasteiger partial charge in [0.25, 0.3) is 0 Å². The van der Waals surface area contributed by atoms with Crippen LogP contribution in [0.2, 0.25) is 0 Å². The number of aromatic nitrogens is 1. The molecule has 0 saturated carbocycles. The molecule has 0 fully saturated rings. The van der Waals surface area contributed by atoms with E-state index in [0.29, 0.717) is 6.54 Å². The van der Waals surface area contributed by atoms with E-state index in [-0.39, 0.29) is 0 Å². The molecule has 2 aromatic rings. The quantitative estimate of drug-likeness (QED) is 0.659. The molecule has 70 valence electrons. The van der Waals surface area contributed by atoms with Crippen LogP contribution in [0.4, 0.5) is 0 Å². The van der Waals surface area contributed by atoms with Crippen molar-refractivity contribution in [3.05, 3.63) is 41.6 Å². The van der Waals surface area contributed by atoms with Gasteiger partial charge in [-0.2, -0.15) is 0 Å². The molecule has 2 nitrogen and oxygen atoms in total. The van der Waals surface area contributed by atoms with Crippen molar-refractivity contribution < 1.29 is 0 Å². The van der Waals surface area contributed by atoms with E-state index >= 15 is 0 Å². The smallest absolute Gasteiger partial charge is 0.0708 e. The van der Waals surface area contributed by atoms with Crippen LogP contribution >= 0.6 is 0 Å². The van der Waals surface area contributed by atoms with E-state index in [1.165, 1.54) is 16.5 Å². The van der Waals surface area contributed by atoms with E-state index < -0.39 is 0 Å². The second kappa shape index (κ2) is 3.58. The minimum atomic E-state index is 0.655. The number of pyridine rings is 1. The summed E-state index contributed by atoms with van der Waals surface area (Å²) in [5.74, 6) is 0. The summed E-state index contributed by atoms with van der Waals surface area (Å²) < 4.78 is 0. The van der Waals surface area contributed by atoms with Crippen LogP contribution in [-0.2, 0) is 6.54 Å². The molecular weight excluding hydrogens is 172 g/mol. The van der Waals surface area contributed by atoms with Gasteiger partial charge in [0.2, 0.25) is 0 Å². The fraction of sp³-hybridized carbons (Fsp3) is 0.167. The van der Waals surface area contributed by atoms with Gasteiger partial charge < -0.3 is 0 Å². The molecule has 0 bridgehead atoms. The molecule has 2 heteroatoms. The summed E-state index contributed by atoms with van der Waals surface area (Å²) >= 11 is 0. The third kappa shape index (κ3) is 1.51. The predicted molar refractivity (Wildman–Crippen MR) is 59.7 cm³/mol. The van der Waals surface area contributed by atoms with Crippen LogP contribution in [0, 0.1) is 6.92 Å². The Morgan fingerprint density at radius 3 is 3.00 bits per heavy atom. The minimum Gasteiger partial charge on any atom is -0.296 e.